The van der Waals surface area contributed by atoms with Gasteiger partial charge >= 0.3 is 0 Å². The lowest BCUT2D eigenvalue weighted by Gasteiger charge is -2.47. The molecule has 2 N–H and O–H groups in total. The summed E-state index contributed by atoms with van der Waals surface area (Å²) in [6, 6.07) is 1.65. The summed E-state index contributed by atoms with van der Waals surface area (Å²) >= 11 is 0. The van der Waals surface area contributed by atoms with E-state index in [2.05, 4.69) is 9.80 Å². The van der Waals surface area contributed by atoms with Crippen LogP contribution >= 0.6 is 0 Å². The molecule has 4 atom stereocenters. The smallest absolute Gasteiger partial charge is 0.0501 e. The van der Waals surface area contributed by atoms with Crippen LogP contribution in [0, 0.1) is 5.92 Å². The van der Waals surface area contributed by atoms with Crippen molar-refractivity contribution in [2.75, 3.05) is 26.2 Å². The first-order valence-corrected chi connectivity index (χ1v) is 8.56. The van der Waals surface area contributed by atoms with Crippen molar-refractivity contribution in [2.45, 2.75) is 69.0 Å². The Balaban J connectivity index is 1.62. The van der Waals surface area contributed by atoms with Gasteiger partial charge in [0, 0.05) is 25.2 Å². The third kappa shape index (κ3) is 1.74. The van der Waals surface area contributed by atoms with Crippen molar-refractivity contribution < 1.29 is 0 Å². The minimum Gasteiger partial charge on any atom is -0.329 e. The van der Waals surface area contributed by atoms with Crippen LogP contribution in [-0.2, 0) is 0 Å². The normalized spacial score (nSPS) is 47.5. The second-order valence-corrected chi connectivity index (χ2v) is 7.35. The molecule has 1 saturated carbocycles. The average molecular weight is 263 g/mol. The zero-order valence-corrected chi connectivity index (χ0v) is 12.2. The molecular weight excluding hydrogens is 234 g/mol. The summed E-state index contributed by atoms with van der Waals surface area (Å²) in [6.07, 6.45) is 11.4. The molecule has 4 rings (SSSR count). The largest absolute Gasteiger partial charge is 0.329 e. The maximum absolute atomic E-state index is 6.36. The first-order valence-electron chi connectivity index (χ1n) is 8.56. The van der Waals surface area contributed by atoms with Gasteiger partial charge in [0.1, 0.15) is 0 Å². The van der Waals surface area contributed by atoms with Crippen LogP contribution < -0.4 is 5.73 Å². The molecule has 108 valence electrons. The number of fused-ring (bicyclic) bond motifs is 2. The summed E-state index contributed by atoms with van der Waals surface area (Å²) in [5.74, 6) is 0.993. The van der Waals surface area contributed by atoms with E-state index in [-0.39, 0.29) is 0 Å². The maximum atomic E-state index is 6.36. The number of nitrogens with zero attached hydrogens (tertiary/aromatic N) is 2. The van der Waals surface area contributed by atoms with Crippen LogP contribution in [0.4, 0.5) is 0 Å². The molecule has 4 unspecified atom stereocenters. The molecule has 0 radical (unpaired) electrons. The lowest BCUT2D eigenvalue weighted by molar-refractivity contribution is 0.0333. The lowest BCUT2D eigenvalue weighted by Crippen LogP contribution is -2.62. The molecule has 3 aliphatic heterocycles. The molecule has 3 heteroatoms. The first kappa shape index (κ1) is 12.6. The van der Waals surface area contributed by atoms with Gasteiger partial charge in [0.15, 0.2) is 0 Å². The Kier molecular flexibility index (Phi) is 3.13. The van der Waals surface area contributed by atoms with Gasteiger partial charge in [-0.1, -0.05) is 12.8 Å². The van der Waals surface area contributed by atoms with Crippen molar-refractivity contribution in [2.24, 2.45) is 11.7 Å². The van der Waals surface area contributed by atoms with Crippen molar-refractivity contribution in [1.29, 1.82) is 0 Å². The maximum Gasteiger partial charge on any atom is 0.0501 e. The second-order valence-electron chi connectivity index (χ2n) is 7.35. The fourth-order valence-electron chi connectivity index (χ4n) is 5.86. The summed E-state index contributed by atoms with van der Waals surface area (Å²) in [5.41, 5.74) is 6.70. The topological polar surface area (TPSA) is 32.5 Å². The SMILES string of the molecule is NCC1(N2CCC3CCCCC32)CCN2CCCC21. The average Bonchev–Trinajstić information content (AvgIpc) is 3.13. The number of hydrogen-bond acceptors (Lipinski definition) is 3. The quantitative estimate of drug-likeness (QED) is 0.825. The highest BCUT2D eigenvalue weighted by Gasteiger charge is 2.55. The summed E-state index contributed by atoms with van der Waals surface area (Å²) in [6.45, 7) is 4.85. The fourth-order valence-corrected chi connectivity index (χ4v) is 5.86. The zero-order valence-electron chi connectivity index (χ0n) is 12.2. The Morgan fingerprint density at radius 1 is 0.947 bits per heavy atom. The highest BCUT2D eigenvalue weighted by molar-refractivity contribution is 5.13. The second kappa shape index (κ2) is 4.71. The standard InChI is InChI=1S/C16H29N3/c17-12-16(8-11-18-9-3-6-15(16)18)19-10-7-13-4-1-2-5-14(13)19/h13-15H,1-12,17H2. The number of nitrogens with two attached hydrogens (primary N) is 1. The molecular formula is C16H29N3. The summed E-state index contributed by atoms with van der Waals surface area (Å²) in [7, 11) is 0. The van der Waals surface area contributed by atoms with Crippen molar-refractivity contribution in [1.82, 2.24) is 9.80 Å². The van der Waals surface area contributed by atoms with Crippen LogP contribution in [-0.4, -0.2) is 53.6 Å². The predicted octanol–water partition coefficient (Wildman–Crippen LogP) is 1.82. The molecule has 1 aliphatic carbocycles. The minimum absolute atomic E-state index is 0.341. The van der Waals surface area contributed by atoms with Gasteiger partial charge in [-0.3, -0.25) is 9.80 Å². The fraction of sp³-hybridized carbons (Fsp3) is 1.00. The van der Waals surface area contributed by atoms with Gasteiger partial charge in [-0.25, -0.2) is 0 Å². The van der Waals surface area contributed by atoms with Gasteiger partial charge in [0.25, 0.3) is 0 Å². The van der Waals surface area contributed by atoms with Gasteiger partial charge in [-0.2, -0.15) is 0 Å². The minimum atomic E-state index is 0.341. The molecule has 4 fully saturated rings. The van der Waals surface area contributed by atoms with E-state index in [9.17, 15) is 0 Å². The number of hydrogen-bond donors (Lipinski definition) is 1. The van der Waals surface area contributed by atoms with E-state index in [4.69, 9.17) is 5.73 Å². The van der Waals surface area contributed by atoms with Crippen LogP contribution in [0.1, 0.15) is 51.4 Å². The highest BCUT2D eigenvalue weighted by atomic mass is 15.4. The molecule has 0 aromatic carbocycles. The van der Waals surface area contributed by atoms with Gasteiger partial charge in [-0.05, 0) is 57.5 Å². The van der Waals surface area contributed by atoms with Gasteiger partial charge < -0.3 is 5.73 Å². The molecule has 0 bridgehead atoms. The van der Waals surface area contributed by atoms with Gasteiger partial charge in [0.2, 0.25) is 0 Å². The monoisotopic (exact) mass is 263 g/mol. The Morgan fingerprint density at radius 3 is 2.74 bits per heavy atom. The number of likely N-dealkylation sites (tertiary alicyclic amines) is 1. The van der Waals surface area contributed by atoms with E-state index >= 15 is 0 Å². The van der Waals surface area contributed by atoms with E-state index in [1.165, 1.54) is 71.0 Å². The van der Waals surface area contributed by atoms with Crippen molar-refractivity contribution >= 4 is 0 Å². The van der Waals surface area contributed by atoms with Crippen molar-refractivity contribution in [3.05, 3.63) is 0 Å². The molecule has 4 aliphatic rings. The molecule has 0 aromatic rings. The third-order valence-electron chi connectivity index (χ3n) is 6.75. The summed E-state index contributed by atoms with van der Waals surface area (Å²) < 4.78 is 0. The van der Waals surface area contributed by atoms with Crippen molar-refractivity contribution in [3.8, 4) is 0 Å². The predicted molar refractivity (Wildman–Crippen MR) is 78.1 cm³/mol. The van der Waals surface area contributed by atoms with Gasteiger partial charge in [-0.15, -0.1) is 0 Å². The summed E-state index contributed by atoms with van der Waals surface area (Å²) in [5, 5.41) is 0. The molecule has 19 heavy (non-hydrogen) atoms. The van der Waals surface area contributed by atoms with E-state index in [0.29, 0.717) is 5.54 Å². The Bertz CT molecular complexity index is 345. The summed E-state index contributed by atoms with van der Waals surface area (Å²) in [4.78, 5) is 5.65. The van der Waals surface area contributed by atoms with Crippen LogP contribution in [0.5, 0.6) is 0 Å². The molecule has 3 saturated heterocycles. The Morgan fingerprint density at radius 2 is 1.84 bits per heavy atom. The molecule has 3 nitrogen and oxygen atoms in total. The van der Waals surface area contributed by atoms with E-state index < -0.39 is 0 Å². The van der Waals surface area contributed by atoms with Crippen LogP contribution in [0.25, 0.3) is 0 Å². The van der Waals surface area contributed by atoms with E-state index in [1.54, 1.807) is 0 Å². The highest BCUT2D eigenvalue weighted by Crippen LogP contribution is 2.46. The Hall–Kier alpha value is -0.120. The molecule has 0 spiro atoms. The lowest BCUT2D eigenvalue weighted by atomic mass is 9.81. The molecule has 3 heterocycles. The first-order chi connectivity index (χ1) is 9.35. The zero-order chi connectivity index (χ0) is 12.9. The van der Waals surface area contributed by atoms with Crippen LogP contribution in [0.2, 0.25) is 0 Å². The number of rotatable bonds is 2. The van der Waals surface area contributed by atoms with Crippen molar-refractivity contribution in [3.63, 3.8) is 0 Å². The van der Waals surface area contributed by atoms with Crippen LogP contribution in [0.3, 0.4) is 0 Å². The molecule has 0 amide bonds. The van der Waals surface area contributed by atoms with Crippen LogP contribution in [0.15, 0.2) is 0 Å². The Labute approximate surface area is 117 Å². The van der Waals surface area contributed by atoms with E-state index in [1.807, 2.05) is 0 Å². The third-order valence-corrected chi connectivity index (χ3v) is 6.75. The molecule has 0 aromatic heterocycles. The van der Waals surface area contributed by atoms with E-state index in [0.717, 1.165) is 24.5 Å². The van der Waals surface area contributed by atoms with Gasteiger partial charge in [0.05, 0.1) is 5.54 Å².